The summed E-state index contributed by atoms with van der Waals surface area (Å²) in [5, 5.41) is 0. The molecule has 0 saturated carbocycles. The van der Waals surface area contributed by atoms with Crippen LogP contribution in [-0.4, -0.2) is 16.4 Å². The van der Waals surface area contributed by atoms with E-state index in [0.717, 1.165) is 11.3 Å². The summed E-state index contributed by atoms with van der Waals surface area (Å²) in [7, 11) is 0. The third-order valence-corrected chi connectivity index (χ3v) is 3.18. The van der Waals surface area contributed by atoms with Gasteiger partial charge in [0.2, 0.25) is 0 Å². The molecule has 2 aromatic rings. The third-order valence-electron chi connectivity index (χ3n) is 3.18. The minimum atomic E-state index is -0.271. The largest absolute Gasteiger partial charge is 0.389 e. The Morgan fingerprint density at radius 3 is 2.42 bits per heavy atom. The van der Waals surface area contributed by atoms with Gasteiger partial charge in [0.1, 0.15) is 0 Å². The van der Waals surface area contributed by atoms with E-state index in [-0.39, 0.29) is 11.6 Å². The molecule has 0 bridgehead atoms. The molecule has 1 aliphatic rings. The molecule has 4 heteroatoms. The Labute approximate surface area is 110 Å². The van der Waals surface area contributed by atoms with Crippen LogP contribution in [0, 0.1) is 0 Å². The molecule has 0 atom stereocenters. The maximum atomic E-state index is 12.2. The van der Waals surface area contributed by atoms with Gasteiger partial charge in [-0.25, -0.2) is 0 Å². The first kappa shape index (κ1) is 11.4. The van der Waals surface area contributed by atoms with Crippen molar-refractivity contribution >= 4 is 17.3 Å². The van der Waals surface area contributed by atoms with Gasteiger partial charge in [0.25, 0.3) is 0 Å². The van der Waals surface area contributed by atoms with Crippen molar-refractivity contribution in [3.05, 3.63) is 71.3 Å². The number of carbonyl (C=O) groups excluding carboxylic acids is 1. The van der Waals surface area contributed by atoms with Crippen molar-refractivity contribution in [1.29, 1.82) is 0 Å². The molecule has 0 unspecified atom stereocenters. The summed E-state index contributed by atoms with van der Waals surface area (Å²) in [5.74, 6) is -0.271. The SMILES string of the molecule is [N-]=[N+]=C1C(=O)N(Cc2ccccc2)c2ccccc21. The van der Waals surface area contributed by atoms with Crippen LogP contribution in [0.25, 0.3) is 5.53 Å². The van der Waals surface area contributed by atoms with Crippen molar-refractivity contribution in [3.8, 4) is 0 Å². The standard InChI is InChI=1S/C15H11N3O/c16-17-14-12-8-4-5-9-13(12)18(15(14)19)10-11-6-2-1-3-7-11/h1-9H,10H2. The topological polar surface area (TPSA) is 56.7 Å². The number of carbonyl (C=O) groups is 1. The Morgan fingerprint density at radius 1 is 1.00 bits per heavy atom. The van der Waals surface area contributed by atoms with Crippen LogP contribution in [0.3, 0.4) is 0 Å². The Hall–Kier alpha value is -2.71. The zero-order valence-electron chi connectivity index (χ0n) is 10.2. The number of benzene rings is 2. The van der Waals surface area contributed by atoms with E-state index in [1.807, 2.05) is 48.5 Å². The normalized spacial score (nSPS) is 13.4. The predicted molar refractivity (Wildman–Crippen MR) is 71.8 cm³/mol. The van der Waals surface area contributed by atoms with Crippen molar-refractivity contribution in [2.24, 2.45) is 0 Å². The Morgan fingerprint density at radius 2 is 1.68 bits per heavy atom. The average Bonchev–Trinajstić information content (AvgIpc) is 2.73. The summed E-state index contributed by atoms with van der Waals surface area (Å²) in [4.78, 5) is 17.0. The van der Waals surface area contributed by atoms with Gasteiger partial charge in [-0.05, 0) is 17.7 Å². The molecular formula is C15H11N3O. The second kappa shape index (κ2) is 4.52. The molecule has 19 heavy (non-hydrogen) atoms. The average molecular weight is 249 g/mol. The molecule has 4 nitrogen and oxygen atoms in total. The van der Waals surface area contributed by atoms with E-state index in [4.69, 9.17) is 5.53 Å². The number of hydrogen-bond donors (Lipinski definition) is 0. The lowest BCUT2D eigenvalue weighted by atomic mass is 10.1. The molecule has 92 valence electrons. The maximum absolute atomic E-state index is 12.2. The summed E-state index contributed by atoms with van der Waals surface area (Å²) < 4.78 is 0. The molecule has 0 fully saturated rings. The second-order valence-corrected chi connectivity index (χ2v) is 4.34. The molecule has 3 rings (SSSR count). The van der Waals surface area contributed by atoms with Gasteiger partial charge in [-0.3, -0.25) is 9.69 Å². The molecule has 0 radical (unpaired) electrons. The Balaban J connectivity index is 2.04. The van der Waals surface area contributed by atoms with Crippen LogP contribution >= 0.6 is 0 Å². The van der Waals surface area contributed by atoms with Crippen LogP contribution in [0.5, 0.6) is 0 Å². The van der Waals surface area contributed by atoms with Gasteiger partial charge in [0, 0.05) is 0 Å². The van der Waals surface area contributed by atoms with Gasteiger partial charge in [-0.2, -0.15) is 4.79 Å². The zero-order chi connectivity index (χ0) is 13.2. The van der Waals surface area contributed by atoms with Crippen LogP contribution < -0.4 is 4.90 Å². The number of nitrogens with zero attached hydrogens (tertiary/aromatic N) is 3. The van der Waals surface area contributed by atoms with Crippen LogP contribution in [0.1, 0.15) is 11.1 Å². The van der Waals surface area contributed by atoms with Crippen molar-refractivity contribution in [1.82, 2.24) is 0 Å². The fourth-order valence-corrected chi connectivity index (χ4v) is 2.28. The van der Waals surface area contributed by atoms with Gasteiger partial charge in [-0.15, -0.1) is 0 Å². The highest BCUT2D eigenvalue weighted by Crippen LogP contribution is 2.29. The summed E-state index contributed by atoms with van der Waals surface area (Å²) >= 11 is 0. The summed E-state index contributed by atoms with van der Waals surface area (Å²) in [6.45, 7) is 0.468. The molecule has 0 N–H and O–H groups in total. The summed E-state index contributed by atoms with van der Waals surface area (Å²) in [5.41, 5.74) is 11.6. The number of rotatable bonds is 2. The molecule has 0 aromatic heterocycles. The van der Waals surface area contributed by atoms with Crippen molar-refractivity contribution in [2.45, 2.75) is 6.54 Å². The summed E-state index contributed by atoms with van der Waals surface area (Å²) in [6, 6.07) is 17.1. The van der Waals surface area contributed by atoms with Crippen LogP contribution in [-0.2, 0) is 11.3 Å². The minimum Gasteiger partial charge on any atom is -0.361 e. The van der Waals surface area contributed by atoms with Crippen molar-refractivity contribution in [3.63, 3.8) is 0 Å². The quantitative estimate of drug-likeness (QED) is 0.595. The van der Waals surface area contributed by atoms with E-state index in [9.17, 15) is 4.79 Å². The van der Waals surface area contributed by atoms with Gasteiger partial charge in [0.05, 0.1) is 17.8 Å². The molecule has 0 aliphatic carbocycles. The maximum Gasteiger partial charge on any atom is 0.389 e. The minimum absolute atomic E-state index is 0.103. The molecule has 1 aliphatic heterocycles. The highest BCUT2D eigenvalue weighted by Gasteiger charge is 2.39. The number of para-hydroxylation sites is 1. The smallest absolute Gasteiger partial charge is 0.361 e. The lowest BCUT2D eigenvalue weighted by molar-refractivity contribution is -0.116. The lowest BCUT2D eigenvalue weighted by Gasteiger charge is -2.15. The first-order valence-electron chi connectivity index (χ1n) is 5.98. The number of anilines is 1. The van der Waals surface area contributed by atoms with Crippen molar-refractivity contribution < 1.29 is 9.58 Å². The number of amides is 1. The monoisotopic (exact) mass is 249 g/mol. The number of fused-ring (bicyclic) bond motifs is 1. The second-order valence-electron chi connectivity index (χ2n) is 4.34. The number of hydrogen-bond acceptors (Lipinski definition) is 1. The first-order valence-corrected chi connectivity index (χ1v) is 5.98. The van der Waals surface area contributed by atoms with Crippen LogP contribution in [0.15, 0.2) is 54.6 Å². The Kier molecular flexibility index (Phi) is 2.71. The van der Waals surface area contributed by atoms with E-state index >= 15 is 0 Å². The molecule has 0 spiro atoms. The first-order chi connectivity index (χ1) is 9.31. The van der Waals surface area contributed by atoms with E-state index in [0.29, 0.717) is 12.1 Å². The molecule has 1 heterocycles. The third kappa shape index (κ3) is 1.84. The van der Waals surface area contributed by atoms with E-state index in [1.165, 1.54) is 0 Å². The van der Waals surface area contributed by atoms with E-state index in [1.54, 1.807) is 11.0 Å². The molecule has 2 aromatic carbocycles. The van der Waals surface area contributed by atoms with Crippen LogP contribution in [0.2, 0.25) is 0 Å². The van der Waals surface area contributed by atoms with Crippen LogP contribution in [0.4, 0.5) is 5.69 Å². The van der Waals surface area contributed by atoms with Gasteiger partial charge in [-0.1, -0.05) is 42.5 Å². The van der Waals surface area contributed by atoms with Gasteiger partial charge in [0.15, 0.2) is 0 Å². The fraction of sp³-hybridized carbons (Fsp3) is 0.0667. The summed E-state index contributed by atoms with van der Waals surface area (Å²) in [6.07, 6.45) is 0. The molecule has 1 amide bonds. The van der Waals surface area contributed by atoms with E-state index in [2.05, 4.69) is 4.79 Å². The fourth-order valence-electron chi connectivity index (χ4n) is 2.28. The van der Waals surface area contributed by atoms with Crippen molar-refractivity contribution in [2.75, 3.05) is 4.90 Å². The molecule has 0 saturated heterocycles. The van der Waals surface area contributed by atoms with E-state index < -0.39 is 0 Å². The zero-order valence-corrected chi connectivity index (χ0v) is 10.2. The predicted octanol–water partition coefficient (Wildman–Crippen LogP) is 2.25. The molecular weight excluding hydrogens is 238 g/mol. The van der Waals surface area contributed by atoms with Gasteiger partial charge < -0.3 is 5.53 Å². The van der Waals surface area contributed by atoms with Gasteiger partial charge >= 0.3 is 11.6 Å². The lowest BCUT2D eigenvalue weighted by Crippen LogP contribution is -2.29. The Bertz CT molecular complexity index is 688. The highest BCUT2D eigenvalue weighted by molar-refractivity contribution is 6.52. The highest BCUT2D eigenvalue weighted by atomic mass is 16.2.